The maximum atomic E-state index is 14.9. The van der Waals surface area contributed by atoms with Crippen molar-refractivity contribution in [1.29, 1.82) is 0 Å². The first-order valence-electron chi connectivity index (χ1n) is 10.5. The number of benzene rings is 4. The van der Waals surface area contributed by atoms with E-state index in [1.165, 1.54) is 11.1 Å². The standard InChI is InChI=1S/C30H23F/c1-3-4-26-16-20-29-28(21-26)19-18-27(30(29)31)17-15-25-13-11-24(12-14-25)10-9-23-7-5-22(2)6-8-23/h5-8,11-14,16,18-21H,3-4H2,1-2H3. The highest BCUT2D eigenvalue weighted by atomic mass is 19.1. The molecule has 0 fully saturated rings. The van der Waals surface area contributed by atoms with Crippen molar-refractivity contribution in [3.8, 4) is 23.7 Å². The molecule has 0 N–H and O–H groups in total. The Balaban J connectivity index is 1.53. The molecule has 0 aliphatic heterocycles. The van der Waals surface area contributed by atoms with E-state index >= 15 is 0 Å². The summed E-state index contributed by atoms with van der Waals surface area (Å²) in [5.41, 5.74) is 5.61. The molecular formula is C30H23F. The highest BCUT2D eigenvalue weighted by Gasteiger charge is 2.06. The van der Waals surface area contributed by atoms with Crippen LogP contribution in [0.25, 0.3) is 10.8 Å². The van der Waals surface area contributed by atoms with Crippen LogP contribution in [-0.4, -0.2) is 0 Å². The summed E-state index contributed by atoms with van der Waals surface area (Å²) in [5.74, 6) is 12.1. The zero-order valence-electron chi connectivity index (χ0n) is 17.8. The van der Waals surface area contributed by atoms with Crippen molar-refractivity contribution < 1.29 is 4.39 Å². The van der Waals surface area contributed by atoms with Gasteiger partial charge >= 0.3 is 0 Å². The van der Waals surface area contributed by atoms with Gasteiger partial charge in [-0.25, -0.2) is 4.39 Å². The van der Waals surface area contributed by atoms with E-state index in [-0.39, 0.29) is 5.82 Å². The summed E-state index contributed by atoms with van der Waals surface area (Å²) in [6.45, 7) is 4.21. The molecule has 0 unspecified atom stereocenters. The average Bonchev–Trinajstić information content (AvgIpc) is 2.79. The molecular weight excluding hydrogens is 379 g/mol. The van der Waals surface area contributed by atoms with E-state index in [2.05, 4.69) is 55.7 Å². The van der Waals surface area contributed by atoms with Crippen molar-refractivity contribution in [3.05, 3.63) is 118 Å². The van der Waals surface area contributed by atoms with Gasteiger partial charge in [-0.05, 0) is 66.8 Å². The third kappa shape index (κ3) is 5.03. The van der Waals surface area contributed by atoms with Crippen LogP contribution in [0, 0.1) is 36.4 Å². The number of rotatable bonds is 2. The fourth-order valence-corrected chi connectivity index (χ4v) is 3.44. The van der Waals surface area contributed by atoms with E-state index in [0.29, 0.717) is 10.9 Å². The second-order valence-corrected chi connectivity index (χ2v) is 7.68. The predicted octanol–water partition coefficient (Wildman–Crippen LogP) is 7.04. The van der Waals surface area contributed by atoms with Gasteiger partial charge in [-0.3, -0.25) is 0 Å². The first-order valence-corrected chi connectivity index (χ1v) is 10.5. The van der Waals surface area contributed by atoms with Gasteiger partial charge < -0.3 is 0 Å². The van der Waals surface area contributed by atoms with Gasteiger partial charge in [0, 0.05) is 22.1 Å². The molecule has 0 atom stereocenters. The maximum Gasteiger partial charge on any atom is 0.146 e. The van der Waals surface area contributed by atoms with Crippen LogP contribution in [0.4, 0.5) is 4.39 Å². The maximum absolute atomic E-state index is 14.9. The van der Waals surface area contributed by atoms with E-state index in [4.69, 9.17) is 0 Å². The highest BCUT2D eigenvalue weighted by Crippen LogP contribution is 2.23. The van der Waals surface area contributed by atoms with E-state index in [9.17, 15) is 4.39 Å². The van der Waals surface area contributed by atoms with Gasteiger partial charge in [0.15, 0.2) is 0 Å². The van der Waals surface area contributed by atoms with Gasteiger partial charge in [-0.15, -0.1) is 0 Å². The molecule has 0 nitrogen and oxygen atoms in total. The summed E-state index contributed by atoms with van der Waals surface area (Å²) in [4.78, 5) is 0. The summed E-state index contributed by atoms with van der Waals surface area (Å²) in [5, 5.41) is 1.54. The fourth-order valence-electron chi connectivity index (χ4n) is 3.44. The van der Waals surface area contributed by atoms with Crippen molar-refractivity contribution in [2.75, 3.05) is 0 Å². The lowest BCUT2D eigenvalue weighted by Gasteiger charge is -2.05. The van der Waals surface area contributed by atoms with Gasteiger partial charge in [0.25, 0.3) is 0 Å². The third-order valence-electron chi connectivity index (χ3n) is 5.19. The summed E-state index contributed by atoms with van der Waals surface area (Å²) in [6.07, 6.45) is 2.08. The van der Waals surface area contributed by atoms with Gasteiger partial charge in [0.2, 0.25) is 0 Å². The smallest absolute Gasteiger partial charge is 0.146 e. The van der Waals surface area contributed by atoms with Gasteiger partial charge in [-0.1, -0.05) is 79.0 Å². The molecule has 150 valence electrons. The topological polar surface area (TPSA) is 0 Å². The minimum absolute atomic E-state index is 0.256. The van der Waals surface area contributed by atoms with Crippen LogP contribution in [0.1, 0.15) is 46.7 Å². The number of hydrogen-bond acceptors (Lipinski definition) is 0. The zero-order valence-corrected chi connectivity index (χ0v) is 17.8. The molecule has 4 rings (SSSR count). The Bertz CT molecular complexity index is 1340. The lowest BCUT2D eigenvalue weighted by Crippen LogP contribution is -1.89. The van der Waals surface area contributed by atoms with Crippen molar-refractivity contribution in [1.82, 2.24) is 0 Å². The van der Waals surface area contributed by atoms with Gasteiger partial charge in [-0.2, -0.15) is 0 Å². The first-order chi connectivity index (χ1) is 15.1. The van der Waals surface area contributed by atoms with Crippen molar-refractivity contribution in [2.24, 2.45) is 0 Å². The second-order valence-electron chi connectivity index (χ2n) is 7.68. The number of fused-ring (bicyclic) bond motifs is 1. The minimum atomic E-state index is -0.256. The van der Waals surface area contributed by atoms with Crippen molar-refractivity contribution in [3.63, 3.8) is 0 Å². The highest BCUT2D eigenvalue weighted by molar-refractivity contribution is 5.85. The molecule has 31 heavy (non-hydrogen) atoms. The van der Waals surface area contributed by atoms with E-state index in [1.807, 2.05) is 54.6 Å². The molecule has 4 aromatic rings. The SMILES string of the molecule is CCCc1ccc2c(F)c(C#Cc3ccc(C#Cc4ccc(C)cc4)cc3)ccc2c1. The van der Waals surface area contributed by atoms with E-state index in [1.54, 1.807) is 6.07 Å². The van der Waals surface area contributed by atoms with Crippen LogP contribution < -0.4 is 0 Å². The molecule has 0 saturated heterocycles. The normalized spacial score (nSPS) is 10.2. The molecule has 0 spiro atoms. The van der Waals surface area contributed by atoms with Crippen LogP contribution in [0.5, 0.6) is 0 Å². The van der Waals surface area contributed by atoms with Crippen molar-refractivity contribution >= 4 is 10.8 Å². The van der Waals surface area contributed by atoms with Crippen LogP contribution in [-0.2, 0) is 6.42 Å². The zero-order chi connectivity index (χ0) is 21.6. The fraction of sp³-hybridized carbons (Fsp3) is 0.133. The molecule has 0 saturated carbocycles. The third-order valence-corrected chi connectivity index (χ3v) is 5.19. The molecule has 0 aliphatic carbocycles. The second kappa shape index (κ2) is 9.34. The molecule has 4 aromatic carbocycles. The number of aryl methyl sites for hydroxylation is 2. The van der Waals surface area contributed by atoms with Gasteiger partial charge in [0.1, 0.15) is 5.82 Å². The quantitative estimate of drug-likeness (QED) is 0.316. The molecule has 0 amide bonds. The van der Waals surface area contributed by atoms with E-state index < -0.39 is 0 Å². The van der Waals surface area contributed by atoms with E-state index in [0.717, 1.165) is 34.9 Å². The Hall–Kier alpha value is -3.81. The molecule has 0 aromatic heterocycles. The molecule has 1 heteroatoms. The lowest BCUT2D eigenvalue weighted by molar-refractivity contribution is 0.636. The predicted molar refractivity (Wildman–Crippen MR) is 127 cm³/mol. The first kappa shape index (κ1) is 20.5. The molecule has 0 bridgehead atoms. The summed E-state index contributed by atoms with van der Waals surface area (Å²) >= 11 is 0. The Labute approximate surface area is 183 Å². The number of halogens is 1. The average molecular weight is 403 g/mol. The summed E-state index contributed by atoms with van der Waals surface area (Å²) < 4.78 is 14.9. The minimum Gasteiger partial charge on any atom is -0.205 e. The lowest BCUT2D eigenvalue weighted by atomic mass is 10.0. The molecule has 0 aliphatic rings. The van der Waals surface area contributed by atoms with Gasteiger partial charge in [0.05, 0.1) is 5.56 Å². The molecule has 0 radical (unpaired) electrons. The molecule has 0 heterocycles. The van der Waals surface area contributed by atoms with Crippen LogP contribution >= 0.6 is 0 Å². The van der Waals surface area contributed by atoms with Crippen LogP contribution in [0.2, 0.25) is 0 Å². The Morgan fingerprint density at radius 2 is 1.26 bits per heavy atom. The Kier molecular flexibility index (Phi) is 6.16. The van der Waals surface area contributed by atoms with Crippen LogP contribution in [0.3, 0.4) is 0 Å². The summed E-state index contributed by atoms with van der Waals surface area (Å²) in [7, 11) is 0. The van der Waals surface area contributed by atoms with Crippen LogP contribution in [0.15, 0.2) is 78.9 Å². The monoisotopic (exact) mass is 402 g/mol. The van der Waals surface area contributed by atoms with Crippen molar-refractivity contribution in [2.45, 2.75) is 26.7 Å². The Morgan fingerprint density at radius 3 is 1.87 bits per heavy atom. The number of hydrogen-bond donors (Lipinski definition) is 0. The summed E-state index contributed by atoms with van der Waals surface area (Å²) in [6, 6.07) is 25.5. The largest absolute Gasteiger partial charge is 0.205 e. The Morgan fingerprint density at radius 1 is 0.677 bits per heavy atom.